The fraction of sp³-hybridized carbons (Fsp3) is 0.538. The van der Waals surface area contributed by atoms with Crippen molar-refractivity contribution in [2.75, 3.05) is 19.5 Å². The summed E-state index contributed by atoms with van der Waals surface area (Å²) >= 11 is 3.44. The SMILES string of the molecule is COc1cc(CCCCCBr)cc(OC)c1. The Balaban J connectivity index is 2.57. The lowest BCUT2D eigenvalue weighted by molar-refractivity contribution is 0.393. The molecule has 2 nitrogen and oxygen atoms in total. The molecule has 0 spiro atoms. The van der Waals surface area contributed by atoms with Gasteiger partial charge in [-0.1, -0.05) is 22.4 Å². The Bertz CT molecular complexity index is 291. The molecule has 1 aromatic carbocycles. The summed E-state index contributed by atoms with van der Waals surface area (Å²) in [5.74, 6) is 1.74. The zero-order chi connectivity index (χ0) is 11.8. The summed E-state index contributed by atoms with van der Waals surface area (Å²) in [6, 6.07) is 6.06. The maximum absolute atomic E-state index is 5.24. The zero-order valence-electron chi connectivity index (χ0n) is 9.96. The first-order chi connectivity index (χ1) is 7.80. The van der Waals surface area contributed by atoms with Gasteiger partial charge in [-0.15, -0.1) is 0 Å². The average molecular weight is 287 g/mol. The first kappa shape index (κ1) is 13.4. The highest BCUT2D eigenvalue weighted by atomic mass is 79.9. The van der Waals surface area contributed by atoms with Crippen molar-refractivity contribution in [1.29, 1.82) is 0 Å². The first-order valence-electron chi connectivity index (χ1n) is 5.58. The molecule has 0 atom stereocenters. The van der Waals surface area contributed by atoms with E-state index < -0.39 is 0 Å². The Morgan fingerprint density at radius 3 is 2.06 bits per heavy atom. The number of alkyl halides is 1. The Hall–Kier alpha value is -0.700. The molecule has 0 N–H and O–H groups in total. The van der Waals surface area contributed by atoms with Crippen molar-refractivity contribution >= 4 is 15.9 Å². The third kappa shape index (κ3) is 4.44. The lowest BCUT2D eigenvalue weighted by Gasteiger charge is -2.08. The Kier molecular flexibility index (Phi) is 6.31. The maximum Gasteiger partial charge on any atom is 0.122 e. The van der Waals surface area contributed by atoms with E-state index in [4.69, 9.17) is 9.47 Å². The minimum atomic E-state index is 0.870. The lowest BCUT2D eigenvalue weighted by Crippen LogP contribution is -1.92. The fourth-order valence-electron chi connectivity index (χ4n) is 1.61. The standard InChI is InChI=1S/C13H19BrO2/c1-15-12-8-11(6-4-3-5-7-14)9-13(10-12)16-2/h8-10H,3-7H2,1-2H3. The van der Waals surface area contributed by atoms with Crippen LogP contribution in [0.15, 0.2) is 18.2 Å². The van der Waals surface area contributed by atoms with Gasteiger partial charge in [0.2, 0.25) is 0 Å². The smallest absolute Gasteiger partial charge is 0.122 e. The number of ether oxygens (including phenoxy) is 2. The second-order valence-electron chi connectivity index (χ2n) is 3.72. The molecule has 0 saturated carbocycles. The van der Waals surface area contributed by atoms with Crippen molar-refractivity contribution < 1.29 is 9.47 Å². The third-order valence-corrected chi connectivity index (χ3v) is 3.07. The Labute approximate surface area is 106 Å². The summed E-state index contributed by atoms with van der Waals surface area (Å²) in [4.78, 5) is 0. The van der Waals surface area contributed by atoms with Crippen LogP contribution in [0.2, 0.25) is 0 Å². The lowest BCUT2D eigenvalue weighted by atomic mass is 10.1. The Morgan fingerprint density at radius 1 is 0.938 bits per heavy atom. The summed E-state index contributed by atoms with van der Waals surface area (Å²) in [6.45, 7) is 0. The number of methoxy groups -OCH3 is 2. The van der Waals surface area contributed by atoms with Gasteiger partial charge in [-0.05, 0) is 37.0 Å². The first-order valence-corrected chi connectivity index (χ1v) is 6.70. The molecule has 0 heterocycles. The summed E-state index contributed by atoms with van der Waals surface area (Å²) in [6.07, 6.45) is 4.79. The molecule has 0 radical (unpaired) electrons. The van der Waals surface area contributed by atoms with Crippen molar-refractivity contribution in [2.24, 2.45) is 0 Å². The van der Waals surface area contributed by atoms with Gasteiger partial charge in [0.05, 0.1) is 14.2 Å². The minimum absolute atomic E-state index is 0.870. The van der Waals surface area contributed by atoms with E-state index in [0.717, 1.165) is 23.2 Å². The number of rotatable bonds is 7. The van der Waals surface area contributed by atoms with Gasteiger partial charge in [-0.3, -0.25) is 0 Å². The van der Waals surface area contributed by atoms with E-state index in [1.807, 2.05) is 6.07 Å². The molecule has 0 aliphatic rings. The molecule has 90 valence electrons. The predicted octanol–water partition coefficient (Wildman–Crippen LogP) is 3.81. The van der Waals surface area contributed by atoms with Gasteiger partial charge in [0.25, 0.3) is 0 Å². The average Bonchev–Trinajstić information content (AvgIpc) is 2.34. The van der Waals surface area contributed by atoms with Gasteiger partial charge < -0.3 is 9.47 Å². The number of halogens is 1. The van der Waals surface area contributed by atoms with E-state index in [1.165, 1.54) is 24.8 Å². The van der Waals surface area contributed by atoms with Crippen LogP contribution in [0.4, 0.5) is 0 Å². The van der Waals surface area contributed by atoms with Gasteiger partial charge in [0, 0.05) is 11.4 Å². The second-order valence-corrected chi connectivity index (χ2v) is 4.51. The molecule has 3 heteroatoms. The number of aryl methyl sites for hydroxylation is 1. The molecular formula is C13H19BrO2. The molecule has 1 aromatic rings. The molecule has 0 amide bonds. The van der Waals surface area contributed by atoms with E-state index in [9.17, 15) is 0 Å². The molecule has 0 unspecified atom stereocenters. The van der Waals surface area contributed by atoms with Crippen molar-refractivity contribution in [2.45, 2.75) is 25.7 Å². The fourth-order valence-corrected chi connectivity index (χ4v) is 2.01. The minimum Gasteiger partial charge on any atom is -0.497 e. The highest BCUT2D eigenvalue weighted by Crippen LogP contribution is 2.23. The van der Waals surface area contributed by atoms with Gasteiger partial charge >= 0.3 is 0 Å². The highest BCUT2D eigenvalue weighted by Gasteiger charge is 2.01. The van der Waals surface area contributed by atoms with Gasteiger partial charge in [0.1, 0.15) is 11.5 Å². The van der Waals surface area contributed by atoms with Crippen LogP contribution in [0.5, 0.6) is 11.5 Å². The van der Waals surface area contributed by atoms with Crippen molar-refractivity contribution in [3.63, 3.8) is 0 Å². The number of hydrogen-bond donors (Lipinski definition) is 0. The molecule has 16 heavy (non-hydrogen) atoms. The van der Waals surface area contributed by atoms with Crippen molar-refractivity contribution in [3.05, 3.63) is 23.8 Å². The van der Waals surface area contributed by atoms with E-state index in [2.05, 4.69) is 28.1 Å². The van der Waals surface area contributed by atoms with Crippen LogP contribution in [0, 0.1) is 0 Å². The molecular weight excluding hydrogens is 268 g/mol. The van der Waals surface area contributed by atoms with Gasteiger partial charge in [-0.25, -0.2) is 0 Å². The number of unbranched alkanes of at least 4 members (excludes halogenated alkanes) is 2. The van der Waals surface area contributed by atoms with Crippen LogP contribution in [0.1, 0.15) is 24.8 Å². The summed E-state index contributed by atoms with van der Waals surface area (Å²) in [5.41, 5.74) is 1.28. The third-order valence-electron chi connectivity index (χ3n) is 2.51. The summed E-state index contributed by atoms with van der Waals surface area (Å²) < 4.78 is 10.5. The molecule has 0 aliphatic carbocycles. The second kappa shape index (κ2) is 7.55. The topological polar surface area (TPSA) is 18.5 Å². The van der Waals surface area contributed by atoms with Crippen LogP contribution >= 0.6 is 15.9 Å². The van der Waals surface area contributed by atoms with Gasteiger partial charge in [0.15, 0.2) is 0 Å². The van der Waals surface area contributed by atoms with Crippen LogP contribution in [-0.2, 0) is 6.42 Å². The summed E-state index contributed by atoms with van der Waals surface area (Å²) in [7, 11) is 3.37. The van der Waals surface area contributed by atoms with Crippen molar-refractivity contribution in [3.8, 4) is 11.5 Å². The molecule has 1 rings (SSSR count). The Morgan fingerprint density at radius 2 is 1.56 bits per heavy atom. The molecule has 0 fully saturated rings. The largest absolute Gasteiger partial charge is 0.497 e. The maximum atomic E-state index is 5.24. The zero-order valence-corrected chi connectivity index (χ0v) is 11.5. The number of benzene rings is 1. The van der Waals surface area contributed by atoms with E-state index in [0.29, 0.717) is 0 Å². The van der Waals surface area contributed by atoms with E-state index in [1.54, 1.807) is 14.2 Å². The van der Waals surface area contributed by atoms with E-state index >= 15 is 0 Å². The molecule has 0 aromatic heterocycles. The van der Waals surface area contributed by atoms with Crippen molar-refractivity contribution in [1.82, 2.24) is 0 Å². The monoisotopic (exact) mass is 286 g/mol. The quantitative estimate of drug-likeness (QED) is 0.561. The van der Waals surface area contributed by atoms with Crippen LogP contribution in [0.25, 0.3) is 0 Å². The normalized spacial score (nSPS) is 10.2. The van der Waals surface area contributed by atoms with Crippen LogP contribution in [0.3, 0.4) is 0 Å². The van der Waals surface area contributed by atoms with Crippen LogP contribution in [-0.4, -0.2) is 19.5 Å². The summed E-state index contributed by atoms with van der Waals surface area (Å²) in [5, 5.41) is 1.09. The molecule has 0 bridgehead atoms. The van der Waals surface area contributed by atoms with Crippen LogP contribution < -0.4 is 9.47 Å². The van der Waals surface area contributed by atoms with Gasteiger partial charge in [-0.2, -0.15) is 0 Å². The highest BCUT2D eigenvalue weighted by molar-refractivity contribution is 9.09. The molecule has 0 saturated heterocycles. The number of hydrogen-bond acceptors (Lipinski definition) is 2. The predicted molar refractivity (Wildman–Crippen MR) is 70.9 cm³/mol. The van der Waals surface area contributed by atoms with E-state index in [-0.39, 0.29) is 0 Å². The molecule has 0 aliphatic heterocycles.